The minimum atomic E-state index is -0.271. The minimum Gasteiger partial charge on any atom is -0.458 e. The topological polar surface area (TPSA) is 52.6 Å². The lowest BCUT2D eigenvalue weighted by Gasteiger charge is -2.24. The number of hydrogen-bond donors (Lipinski definition) is 0. The molecule has 0 heterocycles. The highest BCUT2D eigenvalue weighted by molar-refractivity contribution is 5.67. The first-order valence-electron chi connectivity index (χ1n) is 10.1. The molecule has 156 valence electrons. The number of rotatable bonds is 3. The van der Waals surface area contributed by atoms with Crippen molar-refractivity contribution in [2.45, 2.75) is 85.9 Å². The molecule has 0 aromatic carbocycles. The van der Waals surface area contributed by atoms with Gasteiger partial charge in [-0.05, 0) is 56.6 Å². The molecule has 0 aromatic heterocycles. The third-order valence-electron chi connectivity index (χ3n) is 4.94. The van der Waals surface area contributed by atoms with Crippen LogP contribution in [0.15, 0.2) is 47.1 Å². The molecule has 0 spiro atoms. The molecule has 2 atom stereocenters. The summed E-state index contributed by atoms with van der Waals surface area (Å²) in [4.78, 5) is 23.1. The Morgan fingerprint density at radius 3 is 2.18 bits per heavy atom. The van der Waals surface area contributed by atoms with Crippen LogP contribution >= 0.6 is 0 Å². The van der Waals surface area contributed by atoms with E-state index in [9.17, 15) is 9.59 Å². The van der Waals surface area contributed by atoms with E-state index in [1.807, 2.05) is 0 Å². The lowest BCUT2D eigenvalue weighted by molar-refractivity contribution is -0.145. The first-order valence-corrected chi connectivity index (χ1v) is 10.1. The smallest absolute Gasteiger partial charge is 0.303 e. The van der Waals surface area contributed by atoms with E-state index in [2.05, 4.69) is 52.5 Å². The van der Waals surface area contributed by atoms with Gasteiger partial charge in [0, 0.05) is 20.3 Å². The molecular weight excluding hydrogens is 352 g/mol. The van der Waals surface area contributed by atoms with Gasteiger partial charge in [-0.2, -0.15) is 0 Å². The summed E-state index contributed by atoms with van der Waals surface area (Å²) >= 11 is 0. The molecule has 0 saturated heterocycles. The molecule has 4 nitrogen and oxygen atoms in total. The summed E-state index contributed by atoms with van der Waals surface area (Å²) in [6, 6.07) is 0. The zero-order valence-electron chi connectivity index (χ0n) is 18.3. The second kappa shape index (κ2) is 11.7. The second-order valence-corrected chi connectivity index (χ2v) is 8.02. The van der Waals surface area contributed by atoms with Crippen molar-refractivity contribution >= 4 is 11.9 Å². The Kier molecular flexibility index (Phi) is 9.98. The fourth-order valence-corrected chi connectivity index (χ4v) is 3.37. The molecule has 0 saturated carbocycles. The van der Waals surface area contributed by atoms with Crippen molar-refractivity contribution in [1.82, 2.24) is 0 Å². The van der Waals surface area contributed by atoms with Gasteiger partial charge in [0.25, 0.3) is 0 Å². The highest BCUT2D eigenvalue weighted by Crippen LogP contribution is 2.26. The van der Waals surface area contributed by atoms with Crippen molar-refractivity contribution in [2.75, 3.05) is 0 Å². The average molecular weight is 389 g/mol. The summed E-state index contributed by atoms with van der Waals surface area (Å²) in [5, 5.41) is 0. The summed E-state index contributed by atoms with van der Waals surface area (Å²) in [7, 11) is 0. The summed E-state index contributed by atoms with van der Waals surface area (Å²) in [6.45, 7) is 15.4. The van der Waals surface area contributed by atoms with Gasteiger partial charge in [-0.25, -0.2) is 0 Å². The fourth-order valence-electron chi connectivity index (χ4n) is 3.37. The highest BCUT2D eigenvalue weighted by atomic mass is 16.5. The molecule has 0 fully saturated rings. The molecule has 28 heavy (non-hydrogen) atoms. The van der Waals surface area contributed by atoms with E-state index in [1.54, 1.807) is 0 Å². The SMILES string of the molecule is C=C1CCC=C(C)CC(OC(C)=O)C(C(C)C)=CC=C(C)CCC1OC(C)=O. The number of carbonyl (C=O) groups excluding carboxylic acids is 2. The summed E-state index contributed by atoms with van der Waals surface area (Å²) in [6.07, 6.45) is 9.64. The molecule has 4 heteroatoms. The Bertz CT molecular complexity index is 664. The van der Waals surface area contributed by atoms with E-state index < -0.39 is 0 Å². The molecule has 0 bridgehead atoms. The van der Waals surface area contributed by atoms with E-state index in [0.29, 0.717) is 6.42 Å². The van der Waals surface area contributed by atoms with E-state index >= 15 is 0 Å². The van der Waals surface area contributed by atoms with E-state index in [4.69, 9.17) is 9.47 Å². The van der Waals surface area contributed by atoms with Crippen LogP contribution < -0.4 is 0 Å². The predicted octanol–water partition coefficient (Wildman–Crippen LogP) is 5.85. The third-order valence-corrected chi connectivity index (χ3v) is 4.94. The van der Waals surface area contributed by atoms with Gasteiger partial charge in [0.15, 0.2) is 0 Å². The van der Waals surface area contributed by atoms with Gasteiger partial charge >= 0.3 is 11.9 Å². The van der Waals surface area contributed by atoms with E-state index in [1.165, 1.54) is 25.0 Å². The Labute approximate surface area is 170 Å². The van der Waals surface area contributed by atoms with Crippen LogP contribution in [0.5, 0.6) is 0 Å². The van der Waals surface area contributed by atoms with Gasteiger partial charge in [0.1, 0.15) is 12.2 Å². The Morgan fingerprint density at radius 1 is 1.00 bits per heavy atom. The van der Waals surface area contributed by atoms with Gasteiger partial charge in [-0.15, -0.1) is 0 Å². The van der Waals surface area contributed by atoms with E-state index in [-0.39, 0.29) is 30.1 Å². The molecule has 0 N–H and O–H groups in total. The van der Waals surface area contributed by atoms with Crippen LogP contribution in [-0.4, -0.2) is 24.1 Å². The maximum Gasteiger partial charge on any atom is 0.303 e. The molecular formula is C24H36O4. The summed E-state index contributed by atoms with van der Waals surface area (Å²) in [5.41, 5.74) is 4.42. The van der Waals surface area contributed by atoms with Crippen molar-refractivity contribution in [3.63, 3.8) is 0 Å². The van der Waals surface area contributed by atoms with Crippen LogP contribution in [0.3, 0.4) is 0 Å². The summed E-state index contributed by atoms with van der Waals surface area (Å²) < 4.78 is 11.2. The number of carbonyl (C=O) groups is 2. The monoisotopic (exact) mass is 388 g/mol. The fraction of sp³-hybridized carbons (Fsp3) is 0.583. The van der Waals surface area contributed by atoms with Crippen LogP contribution in [0.4, 0.5) is 0 Å². The average Bonchev–Trinajstić information content (AvgIpc) is 2.56. The Morgan fingerprint density at radius 2 is 1.61 bits per heavy atom. The third kappa shape index (κ3) is 8.73. The molecule has 0 radical (unpaired) electrons. The molecule has 0 amide bonds. The van der Waals surface area contributed by atoms with Gasteiger partial charge in [0.05, 0.1) is 0 Å². The Balaban J connectivity index is 3.22. The van der Waals surface area contributed by atoms with Crippen LogP contribution in [0.25, 0.3) is 0 Å². The van der Waals surface area contributed by atoms with E-state index in [0.717, 1.165) is 36.8 Å². The maximum atomic E-state index is 11.7. The minimum absolute atomic E-state index is 0.250. The maximum absolute atomic E-state index is 11.7. The zero-order chi connectivity index (χ0) is 21.3. The number of hydrogen-bond acceptors (Lipinski definition) is 4. The van der Waals surface area contributed by atoms with Crippen LogP contribution in [0, 0.1) is 5.92 Å². The predicted molar refractivity (Wildman–Crippen MR) is 114 cm³/mol. The quantitative estimate of drug-likeness (QED) is 0.450. The second-order valence-electron chi connectivity index (χ2n) is 8.02. The van der Waals surface area contributed by atoms with Crippen molar-refractivity contribution in [1.29, 1.82) is 0 Å². The molecule has 2 unspecified atom stereocenters. The zero-order valence-corrected chi connectivity index (χ0v) is 18.3. The van der Waals surface area contributed by atoms with Crippen molar-refractivity contribution in [3.8, 4) is 0 Å². The van der Waals surface area contributed by atoms with Crippen molar-refractivity contribution < 1.29 is 19.1 Å². The molecule has 1 rings (SSSR count). The van der Waals surface area contributed by atoms with Gasteiger partial charge in [0.2, 0.25) is 0 Å². The van der Waals surface area contributed by atoms with Crippen LogP contribution in [0.1, 0.15) is 73.6 Å². The van der Waals surface area contributed by atoms with Gasteiger partial charge in [-0.3, -0.25) is 9.59 Å². The molecule has 1 aliphatic carbocycles. The van der Waals surface area contributed by atoms with Crippen LogP contribution in [0.2, 0.25) is 0 Å². The first kappa shape index (κ1) is 23.9. The van der Waals surface area contributed by atoms with Gasteiger partial charge < -0.3 is 9.47 Å². The largest absolute Gasteiger partial charge is 0.458 e. The molecule has 0 aliphatic heterocycles. The lowest BCUT2D eigenvalue weighted by Crippen LogP contribution is -2.22. The molecule has 0 aromatic rings. The highest BCUT2D eigenvalue weighted by Gasteiger charge is 2.21. The van der Waals surface area contributed by atoms with Crippen molar-refractivity contribution in [2.24, 2.45) is 5.92 Å². The Hall–Kier alpha value is -2.10. The summed E-state index contributed by atoms with van der Waals surface area (Å²) in [5.74, 6) is -0.265. The van der Waals surface area contributed by atoms with Gasteiger partial charge in [-0.1, -0.05) is 49.8 Å². The van der Waals surface area contributed by atoms with Crippen molar-refractivity contribution in [3.05, 3.63) is 47.1 Å². The van der Waals surface area contributed by atoms with Crippen LogP contribution in [-0.2, 0) is 19.1 Å². The number of allylic oxidation sites excluding steroid dienone is 4. The first-order chi connectivity index (χ1) is 13.1. The lowest BCUT2D eigenvalue weighted by atomic mass is 9.91. The number of ether oxygens (including phenoxy) is 2. The normalized spacial score (nSPS) is 22.5. The standard InChI is InChI=1S/C24H36O4/c1-16(2)22-13-11-17(3)12-14-23(27-20(6)25)19(5)10-8-9-18(4)15-24(22)28-21(7)26/h9,11,13,16,23-24H,5,8,10,12,14-15H2,1-4,6-7H3. The number of esters is 2. The molecule has 1 aliphatic rings.